The van der Waals surface area contributed by atoms with E-state index < -0.39 is 17.7 Å². The SMILES string of the molecule is NNC(c1ccc(F)c(F)c1)C1OCCc2ccccc21. The lowest BCUT2D eigenvalue weighted by molar-refractivity contribution is 0.0146. The number of hydrazine groups is 1. The van der Waals surface area contributed by atoms with Crippen molar-refractivity contribution in [1.29, 1.82) is 0 Å². The average Bonchev–Trinajstić information content (AvgIpc) is 2.52. The molecule has 2 unspecified atom stereocenters. The molecule has 0 amide bonds. The molecule has 3 nitrogen and oxygen atoms in total. The third-order valence-electron chi connectivity index (χ3n) is 3.82. The van der Waals surface area contributed by atoms with Crippen LogP contribution >= 0.6 is 0 Å². The van der Waals surface area contributed by atoms with Gasteiger partial charge in [0.05, 0.1) is 12.6 Å². The number of nitrogens with one attached hydrogen (secondary N) is 1. The van der Waals surface area contributed by atoms with Gasteiger partial charge in [-0.15, -0.1) is 0 Å². The van der Waals surface area contributed by atoms with Crippen molar-refractivity contribution in [3.63, 3.8) is 0 Å². The number of hydrogen-bond donors (Lipinski definition) is 2. The Hall–Kier alpha value is -1.82. The minimum Gasteiger partial charge on any atom is -0.371 e. The van der Waals surface area contributed by atoms with Crippen LogP contribution in [0.5, 0.6) is 0 Å². The van der Waals surface area contributed by atoms with Crippen molar-refractivity contribution in [2.24, 2.45) is 5.84 Å². The van der Waals surface area contributed by atoms with E-state index in [0.29, 0.717) is 12.2 Å². The quantitative estimate of drug-likeness (QED) is 0.675. The Balaban J connectivity index is 1.99. The minimum absolute atomic E-state index is 0.329. The van der Waals surface area contributed by atoms with E-state index in [1.54, 1.807) is 0 Å². The van der Waals surface area contributed by atoms with Gasteiger partial charge in [-0.2, -0.15) is 0 Å². The number of ether oxygens (including phenoxy) is 1. The molecular weight excluding hydrogens is 274 g/mol. The van der Waals surface area contributed by atoms with Crippen molar-refractivity contribution >= 4 is 0 Å². The maximum absolute atomic E-state index is 13.5. The van der Waals surface area contributed by atoms with Crippen LogP contribution in [0.2, 0.25) is 0 Å². The number of nitrogens with two attached hydrogens (primary N) is 1. The zero-order valence-electron chi connectivity index (χ0n) is 11.4. The predicted octanol–water partition coefficient (Wildman–Crippen LogP) is 2.78. The third kappa shape index (κ3) is 2.68. The Bertz CT molecular complexity index is 648. The zero-order chi connectivity index (χ0) is 14.8. The van der Waals surface area contributed by atoms with Crippen LogP contribution in [0.1, 0.15) is 28.8 Å². The number of fused-ring (bicyclic) bond motifs is 1. The van der Waals surface area contributed by atoms with Crippen LogP contribution in [-0.4, -0.2) is 6.61 Å². The lowest BCUT2D eigenvalue weighted by atomic mass is 9.90. The molecule has 0 spiro atoms. The number of benzene rings is 2. The molecular formula is C16H16F2N2O. The van der Waals surface area contributed by atoms with Gasteiger partial charge in [-0.25, -0.2) is 14.2 Å². The average molecular weight is 290 g/mol. The second-order valence-corrected chi connectivity index (χ2v) is 5.06. The second-order valence-electron chi connectivity index (χ2n) is 5.06. The Morgan fingerprint density at radius 2 is 1.95 bits per heavy atom. The van der Waals surface area contributed by atoms with E-state index in [2.05, 4.69) is 5.43 Å². The molecule has 3 rings (SSSR count). The highest BCUT2D eigenvalue weighted by molar-refractivity contribution is 5.34. The van der Waals surface area contributed by atoms with Gasteiger partial charge in [0.25, 0.3) is 0 Å². The molecule has 0 fully saturated rings. The van der Waals surface area contributed by atoms with Gasteiger partial charge < -0.3 is 4.74 Å². The van der Waals surface area contributed by atoms with Crippen molar-refractivity contribution in [2.75, 3.05) is 6.61 Å². The topological polar surface area (TPSA) is 47.3 Å². The first-order valence-electron chi connectivity index (χ1n) is 6.81. The summed E-state index contributed by atoms with van der Waals surface area (Å²) in [5.74, 6) is 3.87. The minimum atomic E-state index is -0.892. The summed E-state index contributed by atoms with van der Waals surface area (Å²) in [6.07, 6.45) is 0.506. The molecule has 2 aromatic rings. The van der Waals surface area contributed by atoms with Crippen LogP contribution in [0, 0.1) is 11.6 Å². The van der Waals surface area contributed by atoms with Crippen molar-refractivity contribution in [2.45, 2.75) is 18.6 Å². The van der Waals surface area contributed by atoms with Crippen molar-refractivity contribution in [3.05, 3.63) is 70.8 Å². The zero-order valence-corrected chi connectivity index (χ0v) is 11.4. The van der Waals surface area contributed by atoms with Gasteiger partial charge in [-0.05, 0) is 35.2 Å². The van der Waals surface area contributed by atoms with Crippen LogP contribution in [0.25, 0.3) is 0 Å². The monoisotopic (exact) mass is 290 g/mol. The van der Waals surface area contributed by atoms with Crippen LogP contribution in [0.4, 0.5) is 8.78 Å². The summed E-state index contributed by atoms with van der Waals surface area (Å²) in [5.41, 5.74) is 5.43. The lowest BCUT2D eigenvalue weighted by Crippen LogP contribution is -2.35. The summed E-state index contributed by atoms with van der Waals surface area (Å²) in [6.45, 7) is 0.573. The van der Waals surface area contributed by atoms with E-state index in [1.165, 1.54) is 11.6 Å². The molecule has 0 aromatic heterocycles. The van der Waals surface area contributed by atoms with Crippen molar-refractivity contribution in [3.8, 4) is 0 Å². The highest BCUT2D eigenvalue weighted by Crippen LogP contribution is 2.36. The summed E-state index contributed by atoms with van der Waals surface area (Å²) >= 11 is 0. The Labute approximate surface area is 121 Å². The van der Waals surface area contributed by atoms with Crippen LogP contribution in [-0.2, 0) is 11.2 Å². The van der Waals surface area contributed by atoms with Crippen molar-refractivity contribution in [1.82, 2.24) is 5.43 Å². The smallest absolute Gasteiger partial charge is 0.159 e. The van der Waals surface area contributed by atoms with Gasteiger partial charge >= 0.3 is 0 Å². The Morgan fingerprint density at radius 3 is 2.71 bits per heavy atom. The molecule has 0 aliphatic carbocycles. The maximum atomic E-state index is 13.5. The molecule has 2 atom stereocenters. The summed E-state index contributed by atoms with van der Waals surface area (Å²) in [4.78, 5) is 0. The molecule has 3 N–H and O–H groups in total. The molecule has 21 heavy (non-hydrogen) atoms. The van der Waals surface area contributed by atoms with Crippen LogP contribution in [0.15, 0.2) is 42.5 Å². The second kappa shape index (κ2) is 5.89. The molecule has 2 aromatic carbocycles. The molecule has 0 saturated heterocycles. The van der Waals surface area contributed by atoms with Gasteiger partial charge in [0.15, 0.2) is 11.6 Å². The molecule has 110 valence electrons. The van der Waals surface area contributed by atoms with Gasteiger partial charge in [0, 0.05) is 0 Å². The van der Waals surface area contributed by atoms with E-state index >= 15 is 0 Å². The summed E-state index contributed by atoms with van der Waals surface area (Å²) in [7, 11) is 0. The van der Waals surface area contributed by atoms with Gasteiger partial charge in [0.1, 0.15) is 6.10 Å². The van der Waals surface area contributed by atoms with E-state index in [0.717, 1.165) is 24.1 Å². The first-order valence-corrected chi connectivity index (χ1v) is 6.81. The third-order valence-corrected chi connectivity index (χ3v) is 3.82. The largest absolute Gasteiger partial charge is 0.371 e. The van der Waals surface area contributed by atoms with Crippen LogP contribution < -0.4 is 11.3 Å². The van der Waals surface area contributed by atoms with Gasteiger partial charge in [-0.3, -0.25) is 5.84 Å². The van der Waals surface area contributed by atoms with Crippen molar-refractivity contribution < 1.29 is 13.5 Å². The molecule has 0 saturated carbocycles. The number of hydrogen-bond acceptors (Lipinski definition) is 3. The fourth-order valence-electron chi connectivity index (χ4n) is 2.77. The number of halogens is 2. The van der Waals surface area contributed by atoms with E-state index in [1.807, 2.05) is 24.3 Å². The lowest BCUT2D eigenvalue weighted by Gasteiger charge is -2.32. The van der Waals surface area contributed by atoms with Crippen LogP contribution in [0.3, 0.4) is 0 Å². The number of rotatable bonds is 3. The fraction of sp³-hybridized carbons (Fsp3) is 0.250. The highest BCUT2D eigenvalue weighted by Gasteiger charge is 2.29. The molecule has 1 heterocycles. The maximum Gasteiger partial charge on any atom is 0.159 e. The van der Waals surface area contributed by atoms with E-state index in [4.69, 9.17) is 10.6 Å². The molecule has 5 heteroatoms. The van der Waals surface area contributed by atoms with Gasteiger partial charge in [0.2, 0.25) is 0 Å². The summed E-state index contributed by atoms with van der Waals surface area (Å²) < 4.78 is 32.4. The van der Waals surface area contributed by atoms with E-state index in [-0.39, 0.29) is 6.10 Å². The first kappa shape index (κ1) is 14.1. The first-order chi connectivity index (χ1) is 10.2. The Kier molecular flexibility index (Phi) is 3.96. The Morgan fingerprint density at radius 1 is 1.14 bits per heavy atom. The highest BCUT2D eigenvalue weighted by atomic mass is 19.2. The normalized spacial score (nSPS) is 19.1. The van der Waals surface area contributed by atoms with E-state index in [9.17, 15) is 8.78 Å². The molecule has 1 aliphatic heterocycles. The fourth-order valence-corrected chi connectivity index (χ4v) is 2.77. The summed E-state index contributed by atoms with van der Waals surface area (Å²) in [6, 6.07) is 11.3. The molecule has 1 aliphatic rings. The van der Waals surface area contributed by atoms with Gasteiger partial charge in [-0.1, -0.05) is 30.3 Å². The predicted molar refractivity (Wildman–Crippen MR) is 75.3 cm³/mol. The molecule has 0 radical (unpaired) electrons. The standard InChI is InChI=1S/C16H16F2N2O/c17-13-6-5-11(9-14(13)18)15(20-19)16-12-4-2-1-3-10(12)7-8-21-16/h1-6,9,15-16,20H,7-8,19H2. The molecule has 0 bridgehead atoms. The summed E-state index contributed by atoms with van der Waals surface area (Å²) in [5, 5.41) is 0.